The van der Waals surface area contributed by atoms with Crippen LogP contribution in [-0.4, -0.2) is 24.1 Å². The van der Waals surface area contributed by atoms with Crippen molar-refractivity contribution in [3.05, 3.63) is 43.2 Å². The highest BCUT2D eigenvalue weighted by Crippen LogP contribution is 2.39. The maximum absolute atomic E-state index is 6.17. The Kier molecular flexibility index (Phi) is 4.05. The number of furan rings is 1. The van der Waals surface area contributed by atoms with Gasteiger partial charge in [0, 0.05) is 46.7 Å². The molecule has 8 heteroatoms. The highest BCUT2D eigenvalue weighted by atomic mass is 32.1. The molecule has 2 N–H and O–H groups in total. The van der Waals surface area contributed by atoms with Crippen LogP contribution in [0.2, 0.25) is 0 Å². The predicted molar refractivity (Wildman–Crippen MR) is 118 cm³/mol. The maximum atomic E-state index is 6.17. The third-order valence-corrected chi connectivity index (χ3v) is 6.82. The fraction of sp³-hybridized carbons (Fsp3) is 0.273. The summed E-state index contributed by atoms with van der Waals surface area (Å²) in [7, 11) is 0. The first kappa shape index (κ1) is 17.6. The van der Waals surface area contributed by atoms with Gasteiger partial charge < -0.3 is 10.2 Å². The minimum Gasteiger partial charge on any atom is -0.452 e. The van der Waals surface area contributed by atoms with Crippen LogP contribution < -0.4 is 5.73 Å². The van der Waals surface area contributed by atoms with Gasteiger partial charge in [-0.1, -0.05) is 19.3 Å². The summed E-state index contributed by atoms with van der Waals surface area (Å²) in [6.45, 7) is 0. The fourth-order valence-corrected chi connectivity index (χ4v) is 5.13. The maximum Gasteiger partial charge on any atom is 0.177 e. The summed E-state index contributed by atoms with van der Waals surface area (Å²) in [6.07, 6.45) is 17.5. The van der Waals surface area contributed by atoms with E-state index in [1.54, 1.807) is 0 Å². The molecule has 0 spiro atoms. The largest absolute Gasteiger partial charge is 0.452 e. The summed E-state index contributed by atoms with van der Waals surface area (Å²) >= 11 is 1.43. The summed E-state index contributed by atoms with van der Waals surface area (Å²) in [6, 6.07) is 2.51. The van der Waals surface area contributed by atoms with E-state index in [4.69, 9.17) is 10.2 Å². The SMILES string of the molecule is Nc1ncc(-c2cnn(C3CCCCC3)c2)c2cc(-c3cncc4cnsc34)oc12. The third-order valence-electron chi connectivity index (χ3n) is 5.97. The van der Waals surface area contributed by atoms with Crippen molar-refractivity contribution in [1.82, 2.24) is 24.1 Å². The van der Waals surface area contributed by atoms with Crippen molar-refractivity contribution < 1.29 is 4.42 Å². The van der Waals surface area contributed by atoms with Crippen LogP contribution in [0.3, 0.4) is 0 Å². The number of hydrogen-bond acceptors (Lipinski definition) is 7. The van der Waals surface area contributed by atoms with E-state index in [0.29, 0.717) is 23.2 Å². The summed E-state index contributed by atoms with van der Waals surface area (Å²) in [4.78, 5) is 8.72. The molecule has 7 nitrogen and oxygen atoms in total. The number of rotatable bonds is 3. The lowest BCUT2D eigenvalue weighted by atomic mass is 9.96. The topological polar surface area (TPSA) is 95.7 Å². The van der Waals surface area contributed by atoms with Gasteiger partial charge in [-0.05, 0) is 30.4 Å². The van der Waals surface area contributed by atoms with E-state index in [1.165, 1.54) is 43.6 Å². The number of nitrogens with two attached hydrogens (primary N) is 1. The number of pyridine rings is 2. The van der Waals surface area contributed by atoms with Gasteiger partial charge >= 0.3 is 0 Å². The van der Waals surface area contributed by atoms with Crippen molar-refractivity contribution in [2.45, 2.75) is 38.1 Å². The van der Waals surface area contributed by atoms with Crippen LogP contribution in [0.4, 0.5) is 5.82 Å². The molecule has 5 aromatic heterocycles. The van der Waals surface area contributed by atoms with Crippen LogP contribution in [0.25, 0.3) is 43.5 Å². The van der Waals surface area contributed by atoms with E-state index in [9.17, 15) is 0 Å². The first-order chi connectivity index (χ1) is 14.8. The molecular weight excluding hydrogens is 396 g/mol. The lowest BCUT2D eigenvalue weighted by Crippen LogP contribution is -2.12. The van der Waals surface area contributed by atoms with Crippen molar-refractivity contribution in [2.75, 3.05) is 5.73 Å². The quantitative estimate of drug-likeness (QED) is 0.420. The zero-order valence-corrected chi connectivity index (χ0v) is 17.1. The lowest BCUT2D eigenvalue weighted by Gasteiger charge is -2.21. The van der Waals surface area contributed by atoms with E-state index in [-0.39, 0.29) is 0 Å². The summed E-state index contributed by atoms with van der Waals surface area (Å²) in [5.74, 6) is 1.09. The number of nitrogens with zero attached hydrogens (tertiary/aromatic N) is 5. The molecule has 0 aliphatic heterocycles. The molecule has 0 aromatic carbocycles. The van der Waals surface area contributed by atoms with Gasteiger partial charge in [0.2, 0.25) is 0 Å². The minimum atomic E-state index is 0.379. The smallest absolute Gasteiger partial charge is 0.177 e. The molecule has 0 bridgehead atoms. The van der Waals surface area contributed by atoms with E-state index in [1.807, 2.05) is 37.1 Å². The minimum absolute atomic E-state index is 0.379. The molecule has 0 saturated heterocycles. The molecular formula is C22H20N6OS. The van der Waals surface area contributed by atoms with Gasteiger partial charge in [0.05, 0.1) is 28.7 Å². The van der Waals surface area contributed by atoms with Crippen LogP contribution in [0, 0.1) is 0 Å². The average molecular weight is 417 g/mol. The molecule has 1 saturated carbocycles. The second-order valence-electron chi connectivity index (χ2n) is 7.84. The third kappa shape index (κ3) is 2.79. The van der Waals surface area contributed by atoms with E-state index >= 15 is 0 Å². The zero-order chi connectivity index (χ0) is 20.1. The normalized spacial score (nSPS) is 15.3. The Labute approximate surface area is 176 Å². The Morgan fingerprint density at radius 3 is 2.83 bits per heavy atom. The van der Waals surface area contributed by atoms with Crippen molar-refractivity contribution in [3.63, 3.8) is 0 Å². The molecule has 1 aliphatic rings. The summed E-state index contributed by atoms with van der Waals surface area (Å²) in [5.41, 5.74) is 9.66. The Morgan fingerprint density at radius 2 is 1.93 bits per heavy atom. The molecule has 0 unspecified atom stereocenters. The molecule has 1 fully saturated rings. The first-order valence-electron chi connectivity index (χ1n) is 10.2. The van der Waals surface area contributed by atoms with E-state index in [0.717, 1.165) is 32.2 Å². The molecule has 0 amide bonds. The fourth-order valence-electron chi connectivity index (χ4n) is 4.40. The monoisotopic (exact) mass is 416 g/mol. The number of fused-ring (bicyclic) bond motifs is 2. The molecule has 6 rings (SSSR count). The van der Waals surface area contributed by atoms with Gasteiger partial charge in [-0.3, -0.25) is 9.67 Å². The molecule has 1 aliphatic carbocycles. The van der Waals surface area contributed by atoms with Crippen molar-refractivity contribution in [1.29, 1.82) is 0 Å². The molecule has 0 atom stereocenters. The number of hydrogen-bond donors (Lipinski definition) is 1. The predicted octanol–water partition coefficient (Wildman–Crippen LogP) is 5.45. The standard InChI is InChI=1S/C22H20N6OS/c23-22-20-16(6-19(29-20)18-10-24-7-13-9-27-30-21(13)18)17(11-25-22)14-8-26-28(12-14)15-4-2-1-3-5-15/h6-12,15H,1-5H2,(H2,23,25). The lowest BCUT2D eigenvalue weighted by molar-refractivity contribution is 0.329. The number of nitrogen functional groups attached to an aromatic ring is 1. The van der Waals surface area contributed by atoms with Crippen molar-refractivity contribution in [2.24, 2.45) is 0 Å². The Morgan fingerprint density at radius 1 is 1.03 bits per heavy atom. The van der Waals surface area contributed by atoms with Crippen LogP contribution in [0.15, 0.2) is 47.7 Å². The number of aromatic nitrogens is 5. The van der Waals surface area contributed by atoms with Gasteiger partial charge in [-0.15, -0.1) is 0 Å². The second-order valence-corrected chi connectivity index (χ2v) is 8.64. The first-order valence-corrected chi connectivity index (χ1v) is 11.0. The van der Waals surface area contributed by atoms with Crippen LogP contribution in [0.1, 0.15) is 38.1 Å². The highest BCUT2D eigenvalue weighted by Gasteiger charge is 2.20. The Hall–Kier alpha value is -3.26. The van der Waals surface area contributed by atoms with Gasteiger partial charge in [-0.25, -0.2) is 4.98 Å². The van der Waals surface area contributed by atoms with Gasteiger partial charge in [0.15, 0.2) is 11.4 Å². The van der Waals surface area contributed by atoms with Crippen molar-refractivity contribution >= 4 is 38.4 Å². The highest BCUT2D eigenvalue weighted by molar-refractivity contribution is 7.13. The molecule has 30 heavy (non-hydrogen) atoms. The van der Waals surface area contributed by atoms with Crippen LogP contribution in [0.5, 0.6) is 0 Å². The second kappa shape index (κ2) is 6.91. The zero-order valence-electron chi connectivity index (χ0n) is 16.3. The molecule has 150 valence electrons. The average Bonchev–Trinajstić information content (AvgIpc) is 3.53. The Bertz CT molecular complexity index is 1360. The summed E-state index contributed by atoms with van der Waals surface area (Å²) in [5, 5.41) is 6.59. The number of anilines is 1. The van der Waals surface area contributed by atoms with Gasteiger partial charge in [0.25, 0.3) is 0 Å². The van der Waals surface area contributed by atoms with Crippen LogP contribution >= 0.6 is 11.5 Å². The van der Waals surface area contributed by atoms with Crippen molar-refractivity contribution in [3.8, 4) is 22.5 Å². The van der Waals surface area contributed by atoms with Crippen LogP contribution in [-0.2, 0) is 0 Å². The molecule has 5 aromatic rings. The molecule has 0 radical (unpaired) electrons. The van der Waals surface area contributed by atoms with Gasteiger partial charge in [-0.2, -0.15) is 9.47 Å². The van der Waals surface area contributed by atoms with E-state index in [2.05, 4.69) is 30.3 Å². The van der Waals surface area contributed by atoms with E-state index < -0.39 is 0 Å². The summed E-state index contributed by atoms with van der Waals surface area (Å²) < 4.78 is 13.6. The Balaban J connectivity index is 1.47. The molecule has 5 heterocycles. The van der Waals surface area contributed by atoms with Gasteiger partial charge in [0.1, 0.15) is 5.76 Å².